The number of nitrogens with zero attached hydrogens (tertiary/aromatic N) is 1. The van der Waals surface area contributed by atoms with Gasteiger partial charge >= 0.3 is 0 Å². The molecule has 1 aliphatic rings. The Morgan fingerprint density at radius 2 is 2.05 bits per heavy atom. The smallest absolute Gasteiger partial charge is 0.279 e. The molecule has 1 fully saturated rings. The van der Waals surface area contributed by atoms with Crippen molar-refractivity contribution < 1.29 is 9.59 Å². The molecule has 2 heterocycles. The monoisotopic (exact) mass is 310 g/mol. The number of carbonyl (C=O) groups is 2. The van der Waals surface area contributed by atoms with Gasteiger partial charge in [0.15, 0.2) is 0 Å². The third kappa shape index (κ3) is 4.52. The van der Waals surface area contributed by atoms with E-state index < -0.39 is 0 Å². The number of piperidine rings is 1. The van der Waals surface area contributed by atoms with E-state index in [9.17, 15) is 9.59 Å². The third-order valence-electron chi connectivity index (χ3n) is 3.99. The van der Waals surface area contributed by atoms with Gasteiger partial charge in [-0.3, -0.25) is 25.3 Å². The van der Waals surface area contributed by atoms with Crippen LogP contribution in [-0.2, 0) is 4.79 Å². The lowest BCUT2D eigenvalue weighted by atomic mass is 9.90. The lowest BCUT2D eigenvalue weighted by Gasteiger charge is -2.38. The molecule has 0 aliphatic carbocycles. The van der Waals surface area contributed by atoms with Gasteiger partial charge in [-0.25, -0.2) is 0 Å². The summed E-state index contributed by atoms with van der Waals surface area (Å²) in [6.45, 7) is 4.27. The number of hydrazine groups is 1. The van der Waals surface area contributed by atoms with Crippen LogP contribution in [0.15, 0.2) is 17.5 Å². The number of hydrogen-bond acceptors (Lipinski definition) is 5. The highest BCUT2D eigenvalue weighted by Gasteiger charge is 2.28. The zero-order chi connectivity index (χ0) is 15.3. The molecule has 2 rings (SSSR count). The van der Waals surface area contributed by atoms with Crippen molar-refractivity contribution in [3.8, 4) is 0 Å². The molecule has 0 aromatic carbocycles. The molecule has 0 atom stereocenters. The lowest BCUT2D eigenvalue weighted by molar-refractivity contribution is -0.123. The molecule has 21 heavy (non-hydrogen) atoms. The Kier molecular flexibility index (Phi) is 5.33. The molecule has 1 saturated heterocycles. The fourth-order valence-electron chi connectivity index (χ4n) is 2.29. The van der Waals surface area contributed by atoms with Crippen molar-refractivity contribution >= 4 is 23.2 Å². The van der Waals surface area contributed by atoms with E-state index >= 15 is 0 Å². The molecule has 116 valence electrons. The molecule has 3 N–H and O–H groups in total. The van der Waals surface area contributed by atoms with E-state index in [1.807, 2.05) is 12.4 Å². The van der Waals surface area contributed by atoms with Crippen molar-refractivity contribution in [1.82, 2.24) is 21.1 Å². The summed E-state index contributed by atoms with van der Waals surface area (Å²) < 4.78 is 0. The van der Waals surface area contributed by atoms with E-state index in [1.165, 1.54) is 11.3 Å². The van der Waals surface area contributed by atoms with Crippen molar-refractivity contribution in [3.05, 3.63) is 22.4 Å². The minimum Gasteiger partial charge on any atom is -0.314 e. The summed E-state index contributed by atoms with van der Waals surface area (Å²) in [4.78, 5) is 26.2. The van der Waals surface area contributed by atoms with Gasteiger partial charge in [-0.15, -0.1) is 11.3 Å². The van der Waals surface area contributed by atoms with Crippen molar-refractivity contribution in [2.75, 3.05) is 26.7 Å². The van der Waals surface area contributed by atoms with E-state index in [-0.39, 0.29) is 17.4 Å². The first-order chi connectivity index (χ1) is 10.0. The highest BCUT2D eigenvalue weighted by molar-refractivity contribution is 7.12. The van der Waals surface area contributed by atoms with Crippen LogP contribution in [0.2, 0.25) is 0 Å². The molecular weight excluding hydrogens is 288 g/mol. The van der Waals surface area contributed by atoms with Gasteiger partial charge in [0.2, 0.25) is 0 Å². The maximum atomic E-state index is 11.8. The standard InChI is InChI=1S/C14H22N4O2S/c1-14(15-2)5-7-18(8-6-14)10-12(19)16-17-13(20)11-4-3-9-21-11/h3-4,9,15H,5-8,10H2,1-2H3,(H,16,19)(H,17,20). The Balaban J connectivity index is 1.70. The van der Waals surface area contributed by atoms with E-state index in [0.29, 0.717) is 11.4 Å². The normalized spacial score (nSPS) is 18.2. The molecule has 1 aromatic rings. The predicted molar refractivity (Wildman–Crippen MR) is 83.1 cm³/mol. The maximum Gasteiger partial charge on any atom is 0.279 e. The van der Waals surface area contributed by atoms with Gasteiger partial charge in [-0.05, 0) is 38.3 Å². The molecule has 2 amide bonds. The topological polar surface area (TPSA) is 73.5 Å². The fourth-order valence-corrected chi connectivity index (χ4v) is 2.91. The Hall–Kier alpha value is -1.44. The third-order valence-corrected chi connectivity index (χ3v) is 4.86. The highest BCUT2D eigenvalue weighted by Crippen LogP contribution is 2.20. The van der Waals surface area contributed by atoms with E-state index in [4.69, 9.17) is 0 Å². The SMILES string of the molecule is CNC1(C)CCN(CC(=O)NNC(=O)c2cccs2)CC1. The lowest BCUT2D eigenvalue weighted by Crippen LogP contribution is -2.53. The molecule has 7 heteroatoms. The van der Waals surface area contributed by atoms with Crippen molar-refractivity contribution in [2.45, 2.75) is 25.3 Å². The summed E-state index contributed by atoms with van der Waals surface area (Å²) in [5.41, 5.74) is 5.07. The predicted octanol–water partition coefficient (Wildman–Crippen LogP) is 0.583. The summed E-state index contributed by atoms with van der Waals surface area (Å²) in [5.74, 6) is -0.465. The van der Waals surface area contributed by atoms with Crippen LogP contribution in [0, 0.1) is 0 Å². The Morgan fingerprint density at radius 1 is 1.33 bits per heavy atom. The van der Waals surface area contributed by atoms with Gasteiger partial charge in [-0.1, -0.05) is 6.07 Å². The number of amides is 2. The fraction of sp³-hybridized carbons (Fsp3) is 0.571. The summed E-state index contributed by atoms with van der Waals surface area (Å²) >= 11 is 1.34. The number of rotatable bonds is 4. The van der Waals surface area contributed by atoms with Gasteiger partial charge in [0.25, 0.3) is 11.8 Å². The minimum absolute atomic E-state index is 0.167. The minimum atomic E-state index is -0.278. The average Bonchev–Trinajstić information content (AvgIpc) is 3.02. The van der Waals surface area contributed by atoms with Crippen molar-refractivity contribution in [3.63, 3.8) is 0 Å². The Bertz CT molecular complexity index is 481. The second kappa shape index (κ2) is 7.02. The number of likely N-dealkylation sites (tertiary alicyclic amines) is 1. The van der Waals surface area contributed by atoms with Gasteiger partial charge < -0.3 is 5.32 Å². The summed E-state index contributed by atoms with van der Waals surface area (Å²) in [6.07, 6.45) is 2.02. The van der Waals surface area contributed by atoms with Crippen molar-refractivity contribution in [1.29, 1.82) is 0 Å². The molecule has 0 saturated carbocycles. The zero-order valence-electron chi connectivity index (χ0n) is 12.4. The first kappa shape index (κ1) is 15.9. The van der Waals surface area contributed by atoms with Gasteiger partial charge in [-0.2, -0.15) is 0 Å². The van der Waals surface area contributed by atoms with Gasteiger partial charge in [0.1, 0.15) is 0 Å². The number of hydrogen-bond donors (Lipinski definition) is 3. The Labute approximate surface area is 128 Å². The maximum absolute atomic E-state index is 11.8. The average molecular weight is 310 g/mol. The number of nitrogens with one attached hydrogen (secondary N) is 3. The van der Waals surface area contributed by atoms with Gasteiger partial charge in [0.05, 0.1) is 11.4 Å². The van der Waals surface area contributed by atoms with Gasteiger partial charge in [0, 0.05) is 18.6 Å². The largest absolute Gasteiger partial charge is 0.314 e. The number of carbonyl (C=O) groups excluding carboxylic acids is 2. The first-order valence-electron chi connectivity index (χ1n) is 7.06. The van der Waals surface area contributed by atoms with E-state index in [1.54, 1.807) is 12.1 Å². The van der Waals surface area contributed by atoms with E-state index in [2.05, 4.69) is 28.0 Å². The second-order valence-electron chi connectivity index (χ2n) is 5.57. The second-order valence-corrected chi connectivity index (χ2v) is 6.51. The number of thiophene rings is 1. The molecule has 6 nitrogen and oxygen atoms in total. The first-order valence-corrected chi connectivity index (χ1v) is 7.94. The van der Waals surface area contributed by atoms with Crippen LogP contribution in [0.25, 0.3) is 0 Å². The van der Waals surface area contributed by atoms with Crippen LogP contribution in [0.5, 0.6) is 0 Å². The summed E-state index contributed by atoms with van der Waals surface area (Å²) in [7, 11) is 1.97. The van der Waals surface area contributed by atoms with Crippen LogP contribution in [-0.4, -0.2) is 48.9 Å². The zero-order valence-corrected chi connectivity index (χ0v) is 13.3. The van der Waals surface area contributed by atoms with Crippen molar-refractivity contribution in [2.24, 2.45) is 0 Å². The quantitative estimate of drug-likeness (QED) is 0.712. The summed E-state index contributed by atoms with van der Waals surface area (Å²) in [6, 6.07) is 3.52. The van der Waals surface area contributed by atoms with Crippen LogP contribution in [0.3, 0.4) is 0 Å². The molecule has 0 bridgehead atoms. The summed E-state index contributed by atoms with van der Waals surface area (Å²) in [5, 5.41) is 5.15. The molecular formula is C14H22N4O2S. The van der Waals surface area contributed by atoms with Crippen LogP contribution >= 0.6 is 11.3 Å². The molecule has 1 aromatic heterocycles. The van der Waals surface area contributed by atoms with E-state index in [0.717, 1.165) is 25.9 Å². The highest BCUT2D eigenvalue weighted by atomic mass is 32.1. The molecule has 1 aliphatic heterocycles. The molecule has 0 unspecified atom stereocenters. The molecule has 0 spiro atoms. The Morgan fingerprint density at radius 3 is 2.62 bits per heavy atom. The van der Waals surface area contributed by atoms with Crippen LogP contribution < -0.4 is 16.2 Å². The molecule has 0 radical (unpaired) electrons. The van der Waals surface area contributed by atoms with Crippen LogP contribution in [0.1, 0.15) is 29.4 Å². The van der Waals surface area contributed by atoms with Crippen LogP contribution in [0.4, 0.5) is 0 Å².